The lowest BCUT2D eigenvalue weighted by Gasteiger charge is -2.29. The van der Waals surface area contributed by atoms with E-state index in [1.165, 1.54) is 17.0 Å². The third kappa shape index (κ3) is 6.17. The molecule has 0 aliphatic carbocycles. The van der Waals surface area contributed by atoms with Crippen molar-refractivity contribution >= 4 is 33.0 Å². The molecule has 0 aromatic heterocycles. The Bertz CT molecular complexity index is 1080. The van der Waals surface area contributed by atoms with Crippen molar-refractivity contribution in [3.63, 3.8) is 0 Å². The highest BCUT2D eigenvalue weighted by Crippen LogP contribution is 2.23. The zero-order chi connectivity index (χ0) is 24.0. The number of nitrogens with zero attached hydrogens (tertiary/aromatic N) is 1. The van der Waals surface area contributed by atoms with E-state index in [0.717, 1.165) is 6.07 Å². The van der Waals surface area contributed by atoms with Crippen molar-refractivity contribution in [1.82, 2.24) is 5.32 Å². The molecule has 2 amide bonds. The molecule has 2 aromatic rings. The van der Waals surface area contributed by atoms with Crippen LogP contribution in [-0.2, 0) is 14.6 Å². The van der Waals surface area contributed by atoms with E-state index in [2.05, 4.69) is 10.6 Å². The molecule has 2 unspecified atom stereocenters. The fourth-order valence-electron chi connectivity index (χ4n) is 4.01. The predicted octanol–water partition coefficient (Wildman–Crippen LogP) is 3.58. The number of piperidine rings is 1. The van der Waals surface area contributed by atoms with E-state index in [-0.39, 0.29) is 35.2 Å². The molecule has 1 aliphatic heterocycles. The second-order valence-corrected chi connectivity index (χ2v) is 10.6. The minimum Gasteiger partial charge on any atom is -0.326 e. The Morgan fingerprint density at radius 3 is 2.42 bits per heavy atom. The molecule has 7 nitrogen and oxygen atoms in total. The van der Waals surface area contributed by atoms with E-state index in [4.69, 9.17) is 0 Å². The predicted molar refractivity (Wildman–Crippen MR) is 127 cm³/mol. The van der Waals surface area contributed by atoms with Crippen molar-refractivity contribution < 1.29 is 22.4 Å². The fraction of sp³-hybridized carbons (Fsp3) is 0.417. The van der Waals surface area contributed by atoms with Crippen LogP contribution in [0.4, 0.5) is 15.8 Å². The largest absolute Gasteiger partial charge is 0.326 e. The van der Waals surface area contributed by atoms with Gasteiger partial charge in [-0.1, -0.05) is 25.1 Å². The van der Waals surface area contributed by atoms with Crippen molar-refractivity contribution in [2.75, 3.05) is 29.1 Å². The smallest absolute Gasteiger partial charge is 0.261 e. The summed E-state index contributed by atoms with van der Waals surface area (Å²) in [4.78, 5) is 26.8. The molecule has 0 spiro atoms. The second-order valence-electron chi connectivity index (χ2n) is 8.12. The molecule has 1 saturated heterocycles. The van der Waals surface area contributed by atoms with Crippen LogP contribution < -0.4 is 15.5 Å². The van der Waals surface area contributed by atoms with E-state index >= 15 is 0 Å². The molecule has 33 heavy (non-hydrogen) atoms. The summed E-state index contributed by atoms with van der Waals surface area (Å²) >= 11 is 0. The lowest BCUT2D eigenvalue weighted by atomic mass is 9.95. The van der Waals surface area contributed by atoms with Crippen LogP contribution in [0.5, 0.6) is 0 Å². The van der Waals surface area contributed by atoms with Gasteiger partial charge in [-0.25, -0.2) is 12.8 Å². The van der Waals surface area contributed by atoms with Crippen molar-refractivity contribution in [1.29, 1.82) is 0 Å². The second kappa shape index (κ2) is 10.9. The lowest BCUT2D eigenvalue weighted by Crippen LogP contribution is -2.45. The van der Waals surface area contributed by atoms with Crippen LogP contribution in [0.2, 0.25) is 0 Å². The van der Waals surface area contributed by atoms with E-state index in [1.54, 1.807) is 19.1 Å². The van der Waals surface area contributed by atoms with Gasteiger partial charge in [0.15, 0.2) is 9.84 Å². The summed E-state index contributed by atoms with van der Waals surface area (Å²) in [5, 5.41) is 5.14. The first-order valence-electron chi connectivity index (χ1n) is 11.2. The zero-order valence-corrected chi connectivity index (χ0v) is 19.7. The van der Waals surface area contributed by atoms with Gasteiger partial charge in [-0.2, -0.15) is 0 Å². The molecular weight excluding hydrogens is 445 g/mol. The van der Waals surface area contributed by atoms with Gasteiger partial charge in [-0.3, -0.25) is 9.59 Å². The summed E-state index contributed by atoms with van der Waals surface area (Å²) in [5.41, 5.74) is 0.877. The number of hydrogen-bond donors (Lipinski definition) is 2. The number of nitrogens with one attached hydrogen (secondary N) is 2. The quantitative estimate of drug-likeness (QED) is 0.609. The molecule has 0 saturated carbocycles. The van der Waals surface area contributed by atoms with Crippen LogP contribution >= 0.6 is 0 Å². The highest BCUT2D eigenvalue weighted by Gasteiger charge is 2.30. The van der Waals surface area contributed by atoms with Gasteiger partial charge in [0.25, 0.3) is 5.91 Å². The number of para-hydroxylation sites is 1. The highest BCUT2D eigenvalue weighted by atomic mass is 32.2. The minimum atomic E-state index is -3.15. The van der Waals surface area contributed by atoms with E-state index in [0.29, 0.717) is 31.6 Å². The van der Waals surface area contributed by atoms with Crippen LogP contribution in [0, 0.1) is 11.7 Å². The first-order valence-corrected chi connectivity index (χ1v) is 12.9. The van der Waals surface area contributed by atoms with Gasteiger partial charge in [0.2, 0.25) is 5.91 Å². The average Bonchev–Trinajstić information content (AvgIpc) is 2.80. The third-order valence-corrected chi connectivity index (χ3v) is 7.97. The monoisotopic (exact) mass is 475 g/mol. The minimum absolute atomic E-state index is 0.00277. The number of anilines is 2. The zero-order valence-electron chi connectivity index (χ0n) is 18.9. The van der Waals surface area contributed by atoms with Crippen molar-refractivity contribution in [3.8, 4) is 0 Å². The summed E-state index contributed by atoms with van der Waals surface area (Å²) in [7, 11) is -3.15. The topological polar surface area (TPSA) is 95.6 Å². The number of sulfone groups is 1. The Morgan fingerprint density at radius 2 is 1.85 bits per heavy atom. The maximum Gasteiger partial charge on any atom is 0.261 e. The number of amides is 2. The first-order chi connectivity index (χ1) is 15.7. The number of carbonyl (C=O) groups is 2. The van der Waals surface area contributed by atoms with E-state index < -0.39 is 26.9 Å². The Balaban J connectivity index is 1.59. The molecule has 1 aliphatic rings. The van der Waals surface area contributed by atoms with Crippen LogP contribution in [0.3, 0.4) is 0 Å². The van der Waals surface area contributed by atoms with E-state index in [1.807, 2.05) is 25.1 Å². The molecule has 2 atom stereocenters. The number of carbonyl (C=O) groups excluding carboxylic acids is 2. The molecule has 178 valence electrons. The standard InChI is InChI=1S/C24H30FN3O4S/c1-3-28(19-8-6-5-7-9-19)24(30)20-12-11-18(15-21(20)25)27-22(29)14-17-10-13-23(26-16-17)33(31,32)4-2/h5-9,11-12,15,17,23,26H,3-4,10,13-14,16H2,1-2H3,(H,27,29). The number of benzene rings is 2. The van der Waals surface area contributed by atoms with Crippen molar-refractivity contribution in [3.05, 3.63) is 59.9 Å². The van der Waals surface area contributed by atoms with Crippen LogP contribution in [-0.4, -0.2) is 44.4 Å². The molecule has 3 rings (SSSR count). The summed E-state index contributed by atoms with van der Waals surface area (Å²) < 4.78 is 38.7. The fourth-order valence-corrected chi connectivity index (χ4v) is 5.26. The molecule has 2 aromatic carbocycles. The molecule has 0 bridgehead atoms. The Labute approximate surface area is 194 Å². The van der Waals surface area contributed by atoms with Gasteiger partial charge in [0.1, 0.15) is 11.2 Å². The lowest BCUT2D eigenvalue weighted by molar-refractivity contribution is -0.117. The maximum absolute atomic E-state index is 14.7. The Kier molecular flexibility index (Phi) is 8.20. The van der Waals surface area contributed by atoms with Gasteiger partial charge in [-0.15, -0.1) is 0 Å². The van der Waals surface area contributed by atoms with Crippen LogP contribution in [0.25, 0.3) is 0 Å². The SMILES string of the molecule is CCN(C(=O)c1ccc(NC(=O)CC2CCC(S(=O)(=O)CC)NC2)cc1F)c1ccccc1. The third-order valence-electron chi connectivity index (χ3n) is 5.89. The Hall–Kier alpha value is -2.78. The molecular formula is C24H30FN3O4S. The molecule has 9 heteroatoms. The van der Waals surface area contributed by atoms with E-state index in [9.17, 15) is 22.4 Å². The van der Waals surface area contributed by atoms with Crippen molar-refractivity contribution in [2.24, 2.45) is 5.92 Å². The molecule has 0 radical (unpaired) electrons. The van der Waals surface area contributed by atoms with Crippen LogP contribution in [0.15, 0.2) is 48.5 Å². The molecule has 2 N–H and O–H groups in total. The van der Waals surface area contributed by atoms with Crippen molar-refractivity contribution in [2.45, 2.75) is 38.5 Å². The molecule has 1 fully saturated rings. The summed E-state index contributed by atoms with van der Waals surface area (Å²) in [6.45, 7) is 4.26. The summed E-state index contributed by atoms with van der Waals surface area (Å²) in [5.74, 6) is -1.36. The van der Waals surface area contributed by atoms with Crippen LogP contribution in [0.1, 0.15) is 43.5 Å². The normalized spacial score (nSPS) is 18.5. The molecule has 1 heterocycles. The maximum atomic E-state index is 14.7. The summed E-state index contributed by atoms with van der Waals surface area (Å²) in [6.07, 6.45) is 1.29. The van der Waals surface area contributed by atoms with Gasteiger partial charge in [0.05, 0.1) is 5.56 Å². The summed E-state index contributed by atoms with van der Waals surface area (Å²) in [6, 6.07) is 13.1. The number of hydrogen-bond acceptors (Lipinski definition) is 5. The Morgan fingerprint density at radius 1 is 1.12 bits per heavy atom. The van der Waals surface area contributed by atoms with Gasteiger partial charge in [0, 0.05) is 30.1 Å². The highest BCUT2D eigenvalue weighted by molar-refractivity contribution is 7.91. The number of rotatable bonds is 8. The van der Waals surface area contributed by atoms with Gasteiger partial charge in [-0.05, 0) is 62.6 Å². The first kappa shape index (κ1) is 24.9. The van der Waals surface area contributed by atoms with Gasteiger partial charge < -0.3 is 15.5 Å². The van der Waals surface area contributed by atoms with Gasteiger partial charge >= 0.3 is 0 Å². The average molecular weight is 476 g/mol. The number of halogens is 1.